The van der Waals surface area contributed by atoms with Crippen molar-refractivity contribution in [1.82, 2.24) is 0 Å². The second kappa shape index (κ2) is 2.48. The van der Waals surface area contributed by atoms with E-state index in [0.717, 1.165) is 0 Å². The van der Waals surface area contributed by atoms with Gasteiger partial charge in [0, 0.05) is 2.74 Å². The highest BCUT2D eigenvalue weighted by atomic mass is 16.3. The number of aliphatic hydroxyl groups is 1. The lowest BCUT2D eigenvalue weighted by molar-refractivity contribution is -0.0238. The van der Waals surface area contributed by atoms with Gasteiger partial charge in [0.1, 0.15) is 0 Å². The van der Waals surface area contributed by atoms with E-state index in [-0.39, 0.29) is 17.8 Å². The van der Waals surface area contributed by atoms with Gasteiger partial charge in [-0.15, -0.1) is 0 Å². The Balaban J connectivity index is 2.89. The molecule has 1 saturated carbocycles. The highest BCUT2D eigenvalue weighted by molar-refractivity contribution is 4.94. The molecule has 0 unspecified atom stereocenters. The van der Waals surface area contributed by atoms with E-state index in [1.54, 1.807) is 6.92 Å². The SMILES string of the molecule is [2H]C1([2H])C[C@@H](C(C)(C)C)[C@@](C)(O)C1. The van der Waals surface area contributed by atoms with Gasteiger partial charge in [-0.25, -0.2) is 0 Å². The summed E-state index contributed by atoms with van der Waals surface area (Å²) in [7, 11) is 0. The topological polar surface area (TPSA) is 20.2 Å². The molecule has 0 aromatic heterocycles. The van der Waals surface area contributed by atoms with E-state index in [2.05, 4.69) is 20.8 Å². The molecular formula is C10H20O. The maximum Gasteiger partial charge on any atom is 0.0652 e. The van der Waals surface area contributed by atoms with Gasteiger partial charge >= 0.3 is 0 Å². The van der Waals surface area contributed by atoms with Crippen LogP contribution < -0.4 is 0 Å². The quantitative estimate of drug-likeness (QED) is 0.574. The lowest BCUT2D eigenvalue weighted by Gasteiger charge is -2.36. The molecule has 0 spiro atoms. The average Bonchev–Trinajstić information content (AvgIpc) is 1.97. The molecule has 2 atom stereocenters. The largest absolute Gasteiger partial charge is 0.390 e. The van der Waals surface area contributed by atoms with Gasteiger partial charge in [-0.05, 0) is 31.1 Å². The first-order valence-electron chi connectivity index (χ1n) is 5.27. The van der Waals surface area contributed by atoms with Crippen LogP contribution in [0.3, 0.4) is 0 Å². The molecule has 1 rings (SSSR count). The highest BCUT2D eigenvalue weighted by Gasteiger charge is 2.43. The normalized spacial score (nSPS) is 46.8. The van der Waals surface area contributed by atoms with Crippen molar-refractivity contribution >= 4 is 0 Å². The van der Waals surface area contributed by atoms with Crippen LogP contribution in [0.25, 0.3) is 0 Å². The van der Waals surface area contributed by atoms with E-state index in [0.29, 0.717) is 6.42 Å². The van der Waals surface area contributed by atoms with Crippen LogP contribution in [0.5, 0.6) is 0 Å². The first kappa shape index (κ1) is 6.47. The molecular weight excluding hydrogens is 136 g/mol. The van der Waals surface area contributed by atoms with Crippen LogP contribution in [0, 0.1) is 11.3 Å². The Hall–Kier alpha value is -0.0400. The molecule has 0 aromatic rings. The van der Waals surface area contributed by atoms with E-state index in [1.807, 2.05) is 0 Å². The van der Waals surface area contributed by atoms with Crippen molar-refractivity contribution in [1.29, 1.82) is 0 Å². The van der Waals surface area contributed by atoms with E-state index < -0.39 is 12.0 Å². The van der Waals surface area contributed by atoms with E-state index in [9.17, 15) is 5.11 Å². The Morgan fingerprint density at radius 2 is 2.09 bits per heavy atom. The van der Waals surface area contributed by atoms with Crippen molar-refractivity contribution in [2.24, 2.45) is 11.3 Å². The predicted octanol–water partition coefficient (Wildman–Crippen LogP) is 2.58. The summed E-state index contributed by atoms with van der Waals surface area (Å²) in [5.41, 5.74) is -0.866. The van der Waals surface area contributed by atoms with Crippen molar-refractivity contribution in [3.05, 3.63) is 0 Å². The number of rotatable bonds is 0. The van der Waals surface area contributed by atoms with Crippen molar-refractivity contribution < 1.29 is 7.85 Å². The molecule has 1 nitrogen and oxygen atoms in total. The first-order valence-corrected chi connectivity index (χ1v) is 4.27. The standard InChI is InChI=1S/C10H20O/c1-9(2,3)8-6-5-7-10(8,4)11/h8,11H,5-7H2,1-4H3/t8-,10-/m0/s1/i5D2. The zero-order valence-electron chi connectivity index (χ0n) is 9.94. The maximum absolute atomic E-state index is 10.1. The van der Waals surface area contributed by atoms with E-state index in [1.165, 1.54) is 0 Å². The molecule has 1 aliphatic carbocycles. The first-order chi connectivity index (χ1) is 5.55. The summed E-state index contributed by atoms with van der Waals surface area (Å²) in [6.45, 7) is 7.95. The molecule has 1 fully saturated rings. The lowest BCUT2D eigenvalue weighted by Crippen LogP contribution is -2.37. The summed E-state index contributed by atoms with van der Waals surface area (Å²) < 4.78 is 15.3. The number of hydrogen-bond donors (Lipinski definition) is 1. The monoisotopic (exact) mass is 158 g/mol. The second-order valence-electron chi connectivity index (χ2n) is 4.91. The summed E-state index contributed by atoms with van der Waals surface area (Å²) >= 11 is 0. The fourth-order valence-corrected chi connectivity index (χ4v) is 2.05. The molecule has 1 N–H and O–H groups in total. The minimum Gasteiger partial charge on any atom is -0.390 e. The molecule has 0 aromatic carbocycles. The second-order valence-corrected chi connectivity index (χ2v) is 4.91. The van der Waals surface area contributed by atoms with E-state index in [4.69, 9.17) is 2.74 Å². The van der Waals surface area contributed by atoms with Gasteiger partial charge in [0.05, 0.1) is 5.60 Å². The van der Waals surface area contributed by atoms with Gasteiger partial charge in [-0.3, -0.25) is 0 Å². The van der Waals surface area contributed by atoms with Crippen LogP contribution in [0.15, 0.2) is 0 Å². The maximum atomic E-state index is 10.1. The Morgan fingerprint density at radius 1 is 1.55 bits per heavy atom. The molecule has 11 heavy (non-hydrogen) atoms. The summed E-state index contributed by atoms with van der Waals surface area (Å²) in [6.07, 6.45) is -0.452. The summed E-state index contributed by atoms with van der Waals surface area (Å²) in [4.78, 5) is 0. The van der Waals surface area contributed by atoms with Crippen LogP contribution in [-0.2, 0) is 0 Å². The predicted molar refractivity (Wildman–Crippen MR) is 47.4 cm³/mol. The molecule has 0 radical (unpaired) electrons. The third kappa shape index (κ3) is 1.76. The van der Waals surface area contributed by atoms with Gasteiger partial charge in [0.15, 0.2) is 0 Å². The third-order valence-corrected chi connectivity index (χ3v) is 2.63. The van der Waals surface area contributed by atoms with Crippen LogP contribution in [0.1, 0.15) is 49.7 Å². The molecule has 1 aliphatic rings. The van der Waals surface area contributed by atoms with E-state index >= 15 is 0 Å². The Bertz CT molecular complexity index is 203. The molecule has 0 aliphatic heterocycles. The van der Waals surface area contributed by atoms with Gasteiger partial charge in [0.25, 0.3) is 0 Å². The molecule has 0 saturated heterocycles. The van der Waals surface area contributed by atoms with Crippen LogP contribution in [-0.4, -0.2) is 10.7 Å². The average molecular weight is 158 g/mol. The summed E-state index contributed by atoms with van der Waals surface area (Å²) in [5.74, 6) is 0.0509. The van der Waals surface area contributed by atoms with Gasteiger partial charge in [-0.2, -0.15) is 0 Å². The highest BCUT2D eigenvalue weighted by Crippen LogP contribution is 2.45. The molecule has 0 heterocycles. The summed E-state index contributed by atoms with van der Waals surface area (Å²) in [5, 5.41) is 10.1. The van der Waals surface area contributed by atoms with Crippen LogP contribution in [0.2, 0.25) is 0 Å². The van der Waals surface area contributed by atoms with Crippen molar-refractivity contribution in [3.8, 4) is 0 Å². The zero-order chi connectivity index (χ0) is 10.5. The fourth-order valence-electron chi connectivity index (χ4n) is 2.05. The Kier molecular flexibility index (Phi) is 1.46. The minimum absolute atomic E-state index is 0.0205. The Labute approximate surface area is 72.6 Å². The lowest BCUT2D eigenvalue weighted by atomic mass is 9.73. The van der Waals surface area contributed by atoms with Crippen LogP contribution in [0.4, 0.5) is 0 Å². The van der Waals surface area contributed by atoms with Gasteiger partial charge in [0.2, 0.25) is 0 Å². The molecule has 0 bridgehead atoms. The smallest absolute Gasteiger partial charge is 0.0652 e. The number of hydrogen-bond acceptors (Lipinski definition) is 1. The van der Waals surface area contributed by atoms with Crippen LogP contribution >= 0.6 is 0 Å². The van der Waals surface area contributed by atoms with Gasteiger partial charge < -0.3 is 5.11 Å². The third-order valence-electron chi connectivity index (χ3n) is 2.63. The summed E-state index contributed by atoms with van der Waals surface area (Å²) in [6, 6.07) is 0. The van der Waals surface area contributed by atoms with Crippen molar-refractivity contribution in [3.63, 3.8) is 0 Å². The van der Waals surface area contributed by atoms with Crippen molar-refractivity contribution in [2.75, 3.05) is 0 Å². The fraction of sp³-hybridized carbons (Fsp3) is 1.00. The molecule has 1 heteroatoms. The van der Waals surface area contributed by atoms with Crippen molar-refractivity contribution in [2.45, 2.75) is 52.5 Å². The molecule has 0 amide bonds. The minimum atomic E-state index is -1.19. The zero-order valence-corrected chi connectivity index (χ0v) is 7.94. The Morgan fingerprint density at radius 3 is 2.27 bits per heavy atom. The molecule has 66 valence electrons. The van der Waals surface area contributed by atoms with Gasteiger partial charge in [-0.1, -0.05) is 27.1 Å².